The maximum Gasteiger partial charge on any atom is 0.269 e. The van der Waals surface area contributed by atoms with Crippen LogP contribution in [0.4, 0.5) is 5.69 Å². The SMILES string of the molecule is CC(C)(c1ccc([N+](=O)[O-])cc1)C1C=CCCC1. The second-order valence-electron chi connectivity index (χ2n) is 5.49. The fourth-order valence-corrected chi connectivity index (χ4v) is 2.64. The summed E-state index contributed by atoms with van der Waals surface area (Å²) in [4.78, 5) is 10.3. The molecule has 1 aromatic rings. The van der Waals surface area contributed by atoms with Gasteiger partial charge in [-0.15, -0.1) is 0 Å². The van der Waals surface area contributed by atoms with Gasteiger partial charge >= 0.3 is 0 Å². The van der Waals surface area contributed by atoms with E-state index in [1.54, 1.807) is 12.1 Å². The number of rotatable bonds is 3. The van der Waals surface area contributed by atoms with Crippen LogP contribution >= 0.6 is 0 Å². The molecule has 0 spiro atoms. The first-order chi connectivity index (χ1) is 8.51. The third-order valence-corrected chi connectivity index (χ3v) is 4.00. The van der Waals surface area contributed by atoms with E-state index in [9.17, 15) is 10.1 Å². The van der Waals surface area contributed by atoms with E-state index in [1.165, 1.54) is 24.8 Å². The van der Waals surface area contributed by atoms with Crippen molar-refractivity contribution >= 4 is 5.69 Å². The molecule has 1 aliphatic rings. The van der Waals surface area contributed by atoms with Gasteiger partial charge in [-0.3, -0.25) is 10.1 Å². The van der Waals surface area contributed by atoms with Crippen molar-refractivity contribution in [3.05, 3.63) is 52.1 Å². The summed E-state index contributed by atoms with van der Waals surface area (Å²) >= 11 is 0. The molecule has 0 aromatic heterocycles. The maximum atomic E-state index is 10.7. The Hall–Kier alpha value is -1.64. The van der Waals surface area contributed by atoms with E-state index in [4.69, 9.17) is 0 Å². The van der Waals surface area contributed by atoms with Gasteiger partial charge in [0.05, 0.1) is 4.92 Å². The first kappa shape index (κ1) is 12.8. The van der Waals surface area contributed by atoms with E-state index in [2.05, 4.69) is 26.0 Å². The standard InChI is InChI=1S/C15H19NO2/c1-15(2,12-6-4-3-5-7-12)13-8-10-14(11-9-13)16(17)18/h4,6,8-12H,3,5,7H2,1-2H3. The molecule has 0 saturated heterocycles. The Kier molecular flexibility index (Phi) is 3.50. The van der Waals surface area contributed by atoms with Crippen molar-refractivity contribution in [2.24, 2.45) is 5.92 Å². The Morgan fingerprint density at radius 3 is 2.44 bits per heavy atom. The van der Waals surface area contributed by atoms with Gasteiger partial charge in [-0.25, -0.2) is 0 Å². The van der Waals surface area contributed by atoms with Gasteiger partial charge in [-0.2, -0.15) is 0 Å². The lowest BCUT2D eigenvalue weighted by Gasteiger charge is -2.34. The average molecular weight is 245 g/mol. The molecule has 1 unspecified atom stereocenters. The molecule has 2 rings (SSSR count). The zero-order valence-corrected chi connectivity index (χ0v) is 10.9. The second-order valence-corrected chi connectivity index (χ2v) is 5.49. The van der Waals surface area contributed by atoms with Gasteiger partial charge in [0, 0.05) is 12.1 Å². The zero-order valence-electron chi connectivity index (χ0n) is 10.9. The van der Waals surface area contributed by atoms with Crippen LogP contribution in [0, 0.1) is 16.0 Å². The molecule has 18 heavy (non-hydrogen) atoms. The number of nitro benzene ring substituents is 1. The topological polar surface area (TPSA) is 43.1 Å². The summed E-state index contributed by atoms with van der Waals surface area (Å²) in [6.45, 7) is 4.43. The number of nitro groups is 1. The van der Waals surface area contributed by atoms with Gasteiger partial charge in [0.1, 0.15) is 0 Å². The molecule has 3 nitrogen and oxygen atoms in total. The third kappa shape index (κ3) is 2.45. The van der Waals surface area contributed by atoms with Crippen molar-refractivity contribution in [3.8, 4) is 0 Å². The predicted molar refractivity (Wildman–Crippen MR) is 72.6 cm³/mol. The number of allylic oxidation sites excluding steroid dienone is 2. The molecule has 1 aliphatic carbocycles. The van der Waals surface area contributed by atoms with Crippen LogP contribution in [0.3, 0.4) is 0 Å². The van der Waals surface area contributed by atoms with Gasteiger partial charge in [0.2, 0.25) is 0 Å². The highest BCUT2D eigenvalue weighted by Gasteiger charge is 2.30. The molecule has 0 saturated carbocycles. The van der Waals surface area contributed by atoms with Crippen LogP contribution in [0.1, 0.15) is 38.7 Å². The number of non-ortho nitro benzene ring substituents is 1. The summed E-state index contributed by atoms with van der Waals surface area (Å²) in [6.07, 6.45) is 8.15. The molecule has 0 bridgehead atoms. The predicted octanol–water partition coefficient (Wildman–Crippen LogP) is 4.23. The smallest absolute Gasteiger partial charge is 0.258 e. The summed E-state index contributed by atoms with van der Waals surface area (Å²) in [7, 11) is 0. The van der Waals surface area contributed by atoms with Crippen molar-refractivity contribution in [1.82, 2.24) is 0 Å². The highest BCUT2D eigenvalue weighted by atomic mass is 16.6. The van der Waals surface area contributed by atoms with Crippen LogP contribution in [0.5, 0.6) is 0 Å². The van der Waals surface area contributed by atoms with Crippen molar-refractivity contribution in [3.63, 3.8) is 0 Å². The monoisotopic (exact) mass is 245 g/mol. The molecule has 1 aromatic carbocycles. The molecular formula is C15H19NO2. The molecule has 0 amide bonds. The average Bonchev–Trinajstić information content (AvgIpc) is 2.40. The summed E-state index contributed by atoms with van der Waals surface area (Å²) in [6, 6.07) is 6.98. The first-order valence-corrected chi connectivity index (χ1v) is 6.43. The fourth-order valence-electron chi connectivity index (χ4n) is 2.64. The Bertz CT molecular complexity index is 460. The van der Waals surface area contributed by atoms with E-state index in [-0.39, 0.29) is 16.0 Å². The summed E-state index contributed by atoms with van der Waals surface area (Å²) in [5, 5.41) is 10.7. The normalized spacial score (nSPS) is 19.8. The third-order valence-electron chi connectivity index (χ3n) is 4.00. The number of hydrogen-bond donors (Lipinski definition) is 0. The molecular weight excluding hydrogens is 226 g/mol. The Morgan fingerprint density at radius 2 is 1.94 bits per heavy atom. The summed E-state index contributed by atoms with van der Waals surface area (Å²) in [5.74, 6) is 0.521. The van der Waals surface area contributed by atoms with Crippen LogP contribution in [0.2, 0.25) is 0 Å². The fraction of sp³-hybridized carbons (Fsp3) is 0.467. The molecule has 0 N–H and O–H groups in total. The van der Waals surface area contributed by atoms with E-state index in [0.29, 0.717) is 5.92 Å². The van der Waals surface area contributed by atoms with E-state index in [1.807, 2.05) is 12.1 Å². The lowest BCUT2D eigenvalue weighted by molar-refractivity contribution is -0.384. The molecule has 1 atom stereocenters. The lowest BCUT2D eigenvalue weighted by Crippen LogP contribution is -2.28. The lowest BCUT2D eigenvalue weighted by atomic mass is 9.70. The molecule has 96 valence electrons. The van der Waals surface area contributed by atoms with Gasteiger partial charge in [0.15, 0.2) is 0 Å². The Balaban J connectivity index is 2.25. The van der Waals surface area contributed by atoms with Crippen molar-refractivity contribution < 1.29 is 4.92 Å². The van der Waals surface area contributed by atoms with Crippen LogP contribution in [0.25, 0.3) is 0 Å². The van der Waals surface area contributed by atoms with E-state index in [0.717, 1.165) is 0 Å². The number of benzene rings is 1. The van der Waals surface area contributed by atoms with E-state index >= 15 is 0 Å². The zero-order chi connectivity index (χ0) is 13.2. The molecule has 0 heterocycles. The van der Waals surface area contributed by atoms with Crippen LogP contribution < -0.4 is 0 Å². The minimum absolute atomic E-state index is 0.0338. The Labute approximate surface area is 108 Å². The first-order valence-electron chi connectivity index (χ1n) is 6.43. The largest absolute Gasteiger partial charge is 0.269 e. The Morgan fingerprint density at radius 1 is 1.28 bits per heavy atom. The summed E-state index contributed by atoms with van der Waals surface area (Å²) < 4.78 is 0. The summed E-state index contributed by atoms with van der Waals surface area (Å²) in [5.41, 5.74) is 1.37. The minimum atomic E-state index is -0.350. The van der Waals surface area contributed by atoms with Crippen LogP contribution in [-0.2, 0) is 5.41 Å². The van der Waals surface area contributed by atoms with E-state index < -0.39 is 0 Å². The highest BCUT2D eigenvalue weighted by Crippen LogP contribution is 2.38. The highest BCUT2D eigenvalue weighted by molar-refractivity contribution is 5.37. The molecule has 0 fully saturated rings. The van der Waals surface area contributed by atoms with Crippen molar-refractivity contribution in [1.29, 1.82) is 0 Å². The van der Waals surface area contributed by atoms with Crippen LogP contribution in [0.15, 0.2) is 36.4 Å². The molecule has 3 heteroatoms. The minimum Gasteiger partial charge on any atom is -0.258 e. The van der Waals surface area contributed by atoms with Gasteiger partial charge in [-0.05, 0) is 36.2 Å². The maximum absolute atomic E-state index is 10.7. The number of hydrogen-bond acceptors (Lipinski definition) is 2. The van der Waals surface area contributed by atoms with Gasteiger partial charge in [0.25, 0.3) is 5.69 Å². The van der Waals surface area contributed by atoms with Gasteiger partial charge < -0.3 is 0 Å². The van der Waals surface area contributed by atoms with Crippen LogP contribution in [-0.4, -0.2) is 4.92 Å². The quantitative estimate of drug-likeness (QED) is 0.454. The second kappa shape index (κ2) is 4.92. The molecule has 0 aliphatic heterocycles. The molecule has 0 radical (unpaired) electrons. The van der Waals surface area contributed by atoms with Gasteiger partial charge in [-0.1, -0.05) is 38.1 Å². The van der Waals surface area contributed by atoms with Crippen molar-refractivity contribution in [2.75, 3.05) is 0 Å². The van der Waals surface area contributed by atoms with Crippen molar-refractivity contribution in [2.45, 2.75) is 38.5 Å². The number of nitrogens with zero attached hydrogens (tertiary/aromatic N) is 1.